The van der Waals surface area contributed by atoms with Crippen LogP contribution in [0.25, 0.3) is 53.1 Å². The second-order valence-electron chi connectivity index (χ2n) is 7.59. The van der Waals surface area contributed by atoms with Gasteiger partial charge in [0.1, 0.15) is 0 Å². The highest BCUT2D eigenvalue weighted by Crippen LogP contribution is 2.45. The summed E-state index contributed by atoms with van der Waals surface area (Å²) in [7, 11) is 0. The molecule has 4 aromatic carbocycles. The lowest BCUT2D eigenvalue weighted by molar-refractivity contribution is 1.43. The number of thiophene rings is 1. The van der Waals surface area contributed by atoms with Crippen LogP contribution in [0.4, 0.5) is 0 Å². The van der Waals surface area contributed by atoms with E-state index in [4.69, 9.17) is 0 Å². The normalized spacial score (nSPS) is 11.9. The molecule has 0 spiro atoms. The van der Waals surface area contributed by atoms with E-state index >= 15 is 0 Å². The Kier molecular flexibility index (Phi) is 3.24. The van der Waals surface area contributed by atoms with Gasteiger partial charge in [0.2, 0.25) is 0 Å². The van der Waals surface area contributed by atoms with Gasteiger partial charge in [0, 0.05) is 47.5 Å². The maximum absolute atomic E-state index is 3.59. The van der Waals surface area contributed by atoms with E-state index in [1.807, 2.05) is 11.3 Å². The first-order valence-corrected chi connectivity index (χ1v) is 10.5. The molecule has 28 heavy (non-hydrogen) atoms. The number of aromatic nitrogens is 1. The van der Waals surface area contributed by atoms with Crippen molar-refractivity contribution in [3.8, 4) is 11.1 Å². The molecule has 2 aromatic heterocycles. The van der Waals surface area contributed by atoms with E-state index in [0.717, 1.165) is 0 Å². The Morgan fingerprint density at radius 2 is 1.36 bits per heavy atom. The summed E-state index contributed by atoms with van der Waals surface area (Å²) in [5.74, 6) is 0. The molecule has 6 rings (SSSR count). The molecule has 6 aromatic rings. The topological polar surface area (TPSA) is 15.8 Å². The monoisotopic (exact) mass is 377 g/mol. The van der Waals surface area contributed by atoms with E-state index in [2.05, 4.69) is 91.6 Å². The van der Waals surface area contributed by atoms with Crippen LogP contribution in [0.5, 0.6) is 0 Å². The van der Waals surface area contributed by atoms with Crippen molar-refractivity contribution in [2.45, 2.75) is 13.8 Å². The third kappa shape index (κ3) is 2.07. The van der Waals surface area contributed by atoms with E-state index in [-0.39, 0.29) is 0 Å². The zero-order valence-corrected chi connectivity index (χ0v) is 16.7. The lowest BCUT2D eigenvalue weighted by Gasteiger charge is -2.10. The number of aryl methyl sites for hydroxylation is 2. The first-order chi connectivity index (χ1) is 13.7. The first-order valence-electron chi connectivity index (χ1n) is 9.63. The molecule has 0 aliphatic carbocycles. The molecular formula is C26H19NS. The van der Waals surface area contributed by atoms with Crippen molar-refractivity contribution in [2.24, 2.45) is 0 Å². The maximum Gasteiger partial charge on any atom is 0.0479 e. The average molecular weight is 378 g/mol. The van der Waals surface area contributed by atoms with Crippen LogP contribution in [0.15, 0.2) is 72.8 Å². The van der Waals surface area contributed by atoms with Gasteiger partial charge < -0.3 is 4.98 Å². The fraction of sp³-hybridized carbons (Fsp3) is 0.0769. The first kappa shape index (κ1) is 15.9. The lowest BCUT2D eigenvalue weighted by Crippen LogP contribution is -1.86. The number of aromatic amines is 1. The summed E-state index contributed by atoms with van der Waals surface area (Å²) in [5, 5.41) is 5.37. The van der Waals surface area contributed by atoms with Gasteiger partial charge in [-0.1, -0.05) is 60.7 Å². The summed E-state index contributed by atoms with van der Waals surface area (Å²) in [6.45, 7) is 4.44. The molecule has 2 heteroatoms. The minimum absolute atomic E-state index is 1.21. The van der Waals surface area contributed by atoms with Gasteiger partial charge in [0.05, 0.1) is 0 Å². The summed E-state index contributed by atoms with van der Waals surface area (Å²) in [6, 6.07) is 26.4. The van der Waals surface area contributed by atoms with Gasteiger partial charge in [0.15, 0.2) is 0 Å². The molecule has 0 radical (unpaired) electrons. The van der Waals surface area contributed by atoms with E-state index in [9.17, 15) is 0 Å². The SMILES string of the molecule is Cc1ccccc1-c1c(C)ccc2c1sc1c2ccc2[nH]c3ccccc3c21. The summed E-state index contributed by atoms with van der Waals surface area (Å²) >= 11 is 1.93. The molecule has 0 unspecified atom stereocenters. The van der Waals surface area contributed by atoms with Crippen molar-refractivity contribution in [3.63, 3.8) is 0 Å². The molecule has 0 bridgehead atoms. The molecule has 2 heterocycles. The predicted molar refractivity (Wildman–Crippen MR) is 124 cm³/mol. The van der Waals surface area contributed by atoms with E-state index in [1.54, 1.807) is 0 Å². The zero-order valence-electron chi connectivity index (χ0n) is 15.8. The minimum atomic E-state index is 1.21. The van der Waals surface area contributed by atoms with Gasteiger partial charge in [-0.25, -0.2) is 0 Å². The predicted octanol–water partition coefficient (Wildman–Crippen LogP) is 7.97. The minimum Gasteiger partial charge on any atom is -0.354 e. The van der Waals surface area contributed by atoms with E-state index < -0.39 is 0 Å². The van der Waals surface area contributed by atoms with Crippen LogP contribution >= 0.6 is 11.3 Å². The molecule has 0 saturated heterocycles. The molecule has 0 fully saturated rings. The van der Waals surface area contributed by atoms with Crippen LogP contribution in [0.1, 0.15) is 11.1 Å². The fourth-order valence-corrected chi connectivity index (χ4v) is 5.99. The number of benzene rings is 4. The van der Waals surface area contributed by atoms with Crippen molar-refractivity contribution in [3.05, 3.63) is 83.9 Å². The number of fused-ring (bicyclic) bond motifs is 7. The molecule has 0 atom stereocenters. The Morgan fingerprint density at radius 1 is 0.607 bits per heavy atom. The highest BCUT2D eigenvalue weighted by atomic mass is 32.1. The molecule has 134 valence electrons. The lowest BCUT2D eigenvalue weighted by atomic mass is 9.95. The van der Waals surface area contributed by atoms with Crippen molar-refractivity contribution in [1.29, 1.82) is 0 Å². The van der Waals surface area contributed by atoms with Crippen LogP contribution in [0, 0.1) is 13.8 Å². The molecule has 0 aliphatic rings. The molecule has 0 amide bonds. The van der Waals surface area contributed by atoms with Crippen LogP contribution in [0.2, 0.25) is 0 Å². The van der Waals surface area contributed by atoms with Crippen LogP contribution in [0.3, 0.4) is 0 Å². The number of hydrogen-bond acceptors (Lipinski definition) is 1. The standard InChI is InChI=1S/C26H19NS/c1-15-7-3-4-8-17(15)23-16(2)11-12-18-19-13-14-22-24(26(19)28-25(18)23)20-9-5-6-10-21(20)27-22/h3-14,27H,1-2H3. The average Bonchev–Trinajstić information content (AvgIpc) is 3.26. The van der Waals surface area contributed by atoms with Crippen molar-refractivity contribution < 1.29 is 0 Å². The Morgan fingerprint density at radius 3 is 2.25 bits per heavy atom. The van der Waals surface area contributed by atoms with Gasteiger partial charge >= 0.3 is 0 Å². The fourth-order valence-electron chi connectivity index (χ4n) is 4.52. The van der Waals surface area contributed by atoms with Gasteiger partial charge in [-0.3, -0.25) is 0 Å². The maximum atomic E-state index is 3.59. The van der Waals surface area contributed by atoms with Gasteiger partial charge in [0.25, 0.3) is 0 Å². The highest BCUT2D eigenvalue weighted by Gasteiger charge is 2.17. The number of rotatable bonds is 1. The summed E-state index contributed by atoms with van der Waals surface area (Å²) in [6.07, 6.45) is 0. The van der Waals surface area contributed by atoms with Crippen molar-refractivity contribution in [1.82, 2.24) is 4.98 Å². The Bertz CT molecular complexity index is 1530. The largest absolute Gasteiger partial charge is 0.354 e. The summed E-state index contributed by atoms with van der Waals surface area (Å²) in [4.78, 5) is 3.59. The summed E-state index contributed by atoms with van der Waals surface area (Å²) < 4.78 is 2.77. The second kappa shape index (κ2) is 5.70. The quantitative estimate of drug-likeness (QED) is 0.299. The van der Waals surface area contributed by atoms with Gasteiger partial charge in [-0.2, -0.15) is 0 Å². The second-order valence-corrected chi connectivity index (χ2v) is 8.61. The van der Waals surface area contributed by atoms with Gasteiger partial charge in [-0.15, -0.1) is 11.3 Å². The smallest absolute Gasteiger partial charge is 0.0479 e. The number of H-pyrrole nitrogens is 1. The zero-order chi connectivity index (χ0) is 18.8. The molecule has 1 nitrogen and oxygen atoms in total. The van der Waals surface area contributed by atoms with Crippen molar-refractivity contribution >= 4 is 53.3 Å². The molecular weight excluding hydrogens is 358 g/mol. The third-order valence-electron chi connectivity index (χ3n) is 5.90. The van der Waals surface area contributed by atoms with E-state index in [1.165, 1.54) is 64.2 Å². The van der Waals surface area contributed by atoms with Crippen LogP contribution in [-0.4, -0.2) is 4.98 Å². The van der Waals surface area contributed by atoms with Crippen molar-refractivity contribution in [2.75, 3.05) is 0 Å². The Balaban J connectivity index is 1.82. The van der Waals surface area contributed by atoms with Crippen LogP contribution in [-0.2, 0) is 0 Å². The number of hydrogen-bond donors (Lipinski definition) is 1. The van der Waals surface area contributed by atoms with Gasteiger partial charge in [-0.05, 0) is 42.7 Å². The number of nitrogens with one attached hydrogen (secondary N) is 1. The van der Waals surface area contributed by atoms with Crippen LogP contribution < -0.4 is 0 Å². The molecule has 0 aliphatic heterocycles. The van der Waals surface area contributed by atoms with E-state index in [0.29, 0.717) is 0 Å². The molecule has 0 saturated carbocycles. The Labute approximate surface area is 167 Å². The summed E-state index contributed by atoms with van der Waals surface area (Å²) in [5.41, 5.74) is 7.81. The number of para-hydroxylation sites is 1. The third-order valence-corrected chi connectivity index (χ3v) is 7.15. The molecule has 1 N–H and O–H groups in total. The Hall–Kier alpha value is -3.10. The highest BCUT2D eigenvalue weighted by molar-refractivity contribution is 7.27.